The van der Waals surface area contributed by atoms with Crippen LogP contribution in [0.4, 0.5) is 5.69 Å². The third-order valence-electron chi connectivity index (χ3n) is 3.17. The Hall–Kier alpha value is -1.91. The second kappa shape index (κ2) is 6.46. The molecule has 0 atom stereocenters. The van der Waals surface area contributed by atoms with Crippen molar-refractivity contribution in [3.8, 4) is 5.88 Å². The first-order valence-electron chi connectivity index (χ1n) is 6.35. The third kappa shape index (κ3) is 3.29. The first kappa shape index (κ1) is 16.5. The summed E-state index contributed by atoms with van der Waals surface area (Å²) in [4.78, 5) is 15.3. The molecule has 1 aliphatic rings. The van der Waals surface area contributed by atoms with Gasteiger partial charge < -0.3 is 14.2 Å². The molecule has 0 saturated carbocycles. The molecule has 1 aromatic heterocycles. The van der Waals surface area contributed by atoms with Gasteiger partial charge in [-0.25, -0.2) is 9.78 Å². The second-order valence-corrected chi connectivity index (χ2v) is 6.20. The first-order valence-corrected chi connectivity index (χ1v) is 7.79. The zero-order valence-electron chi connectivity index (χ0n) is 12.4. The zero-order chi connectivity index (χ0) is 16.3. The molecule has 0 bridgehead atoms. The summed E-state index contributed by atoms with van der Waals surface area (Å²) in [6.45, 7) is 0.559. The fourth-order valence-corrected chi connectivity index (χ4v) is 3.13. The van der Waals surface area contributed by atoms with Crippen LogP contribution in [0.3, 0.4) is 0 Å². The van der Waals surface area contributed by atoms with Crippen LogP contribution in [0.2, 0.25) is 0 Å². The van der Waals surface area contributed by atoms with Crippen molar-refractivity contribution >= 4 is 21.9 Å². The molecule has 1 fully saturated rings. The van der Waals surface area contributed by atoms with Crippen LogP contribution in [-0.4, -0.2) is 64.2 Å². The van der Waals surface area contributed by atoms with Crippen LogP contribution in [0, 0.1) is 0 Å². The van der Waals surface area contributed by atoms with Crippen molar-refractivity contribution in [3.63, 3.8) is 0 Å². The molecule has 2 rings (SSSR count). The number of hydrogen-bond donors (Lipinski definition) is 1. The summed E-state index contributed by atoms with van der Waals surface area (Å²) in [5.74, 6) is -0.659. The van der Waals surface area contributed by atoms with Gasteiger partial charge in [-0.2, -0.15) is 12.7 Å². The maximum atomic E-state index is 12.2. The molecule has 0 aromatic carbocycles. The Morgan fingerprint density at radius 1 is 1.32 bits per heavy atom. The van der Waals surface area contributed by atoms with Gasteiger partial charge in [0.15, 0.2) is 5.69 Å². The summed E-state index contributed by atoms with van der Waals surface area (Å²) in [6.07, 6.45) is -0.0988. The molecule has 0 radical (unpaired) electrons. The Morgan fingerprint density at radius 2 is 2.00 bits per heavy atom. The van der Waals surface area contributed by atoms with Crippen LogP contribution in [0.1, 0.15) is 10.5 Å². The van der Waals surface area contributed by atoms with E-state index in [2.05, 4.69) is 14.4 Å². The van der Waals surface area contributed by atoms with Crippen molar-refractivity contribution in [2.24, 2.45) is 0 Å². The average Bonchev–Trinajstić information content (AvgIpc) is 2.45. The van der Waals surface area contributed by atoms with Gasteiger partial charge in [-0.05, 0) is 12.1 Å². The molecule has 22 heavy (non-hydrogen) atoms. The largest absolute Gasteiger partial charge is 0.479 e. The molecular weight excluding hydrogens is 314 g/mol. The highest BCUT2D eigenvalue weighted by Crippen LogP contribution is 2.25. The summed E-state index contributed by atoms with van der Waals surface area (Å²) in [5, 5.41) is 0. The van der Waals surface area contributed by atoms with Crippen LogP contribution in [0.15, 0.2) is 12.1 Å². The monoisotopic (exact) mass is 331 g/mol. The highest BCUT2D eigenvalue weighted by atomic mass is 32.2. The summed E-state index contributed by atoms with van der Waals surface area (Å²) in [6, 6.07) is 2.74. The molecule has 2 heterocycles. The molecule has 0 aliphatic carbocycles. The molecule has 9 nitrogen and oxygen atoms in total. The van der Waals surface area contributed by atoms with E-state index in [1.54, 1.807) is 0 Å². The number of carbonyl (C=O) groups excluding carboxylic acids is 1. The Bertz CT molecular complexity index is 657. The van der Waals surface area contributed by atoms with Gasteiger partial charge in [-0.1, -0.05) is 0 Å². The van der Waals surface area contributed by atoms with Gasteiger partial charge in [0, 0.05) is 20.2 Å². The predicted molar refractivity (Wildman–Crippen MR) is 77.0 cm³/mol. The minimum Gasteiger partial charge on any atom is -0.479 e. The molecule has 0 amide bonds. The van der Waals surface area contributed by atoms with Crippen molar-refractivity contribution in [2.45, 2.75) is 6.10 Å². The molecule has 0 spiro atoms. The molecule has 1 N–H and O–H groups in total. The van der Waals surface area contributed by atoms with Crippen LogP contribution < -0.4 is 9.46 Å². The van der Waals surface area contributed by atoms with E-state index in [4.69, 9.17) is 9.47 Å². The van der Waals surface area contributed by atoms with Crippen LogP contribution in [0.25, 0.3) is 0 Å². The number of aromatic nitrogens is 1. The van der Waals surface area contributed by atoms with Gasteiger partial charge in [0.1, 0.15) is 5.69 Å². The molecule has 0 unspecified atom stereocenters. The second-order valence-electron chi connectivity index (χ2n) is 4.53. The van der Waals surface area contributed by atoms with Gasteiger partial charge in [-0.3, -0.25) is 4.72 Å². The Kier molecular flexibility index (Phi) is 4.84. The zero-order valence-corrected chi connectivity index (χ0v) is 13.2. The van der Waals surface area contributed by atoms with Crippen molar-refractivity contribution in [3.05, 3.63) is 17.8 Å². The smallest absolute Gasteiger partial charge is 0.356 e. The van der Waals surface area contributed by atoms with Crippen LogP contribution >= 0.6 is 0 Å². The quantitative estimate of drug-likeness (QED) is 0.723. The lowest BCUT2D eigenvalue weighted by Gasteiger charge is -2.36. The number of hydrogen-bond acceptors (Lipinski definition) is 7. The number of rotatable bonds is 6. The lowest BCUT2D eigenvalue weighted by molar-refractivity contribution is 0.0128. The minimum atomic E-state index is -3.72. The van der Waals surface area contributed by atoms with Gasteiger partial charge >= 0.3 is 16.2 Å². The normalized spacial score (nSPS) is 16.0. The molecule has 122 valence electrons. The van der Waals surface area contributed by atoms with E-state index in [1.165, 1.54) is 37.8 Å². The number of esters is 1. The number of ether oxygens (including phenoxy) is 3. The number of nitrogens with one attached hydrogen (secondary N) is 1. The molecular formula is C12H17N3O6S. The fourth-order valence-electron chi connectivity index (χ4n) is 1.84. The van der Waals surface area contributed by atoms with Crippen molar-refractivity contribution in [1.29, 1.82) is 0 Å². The summed E-state index contributed by atoms with van der Waals surface area (Å²) in [7, 11) is 0.355. The lowest BCUT2D eigenvalue weighted by Crippen LogP contribution is -2.55. The van der Waals surface area contributed by atoms with Crippen LogP contribution in [-0.2, 0) is 19.7 Å². The summed E-state index contributed by atoms with van der Waals surface area (Å²) in [5.41, 5.74) is 0.154. The predicted octanol–water partition coefficient (Wildman–Crippen LogP) is -0.136. The highest BCUT2D eigenvalue weighted by Gasteiger charge is 2.36. The van der Waals surface area contributed by atoms with Crippen LogP contribution in [0.5, 0.6) is 5.88 Å². The average molecular weight is 331 g/mol. The SMILES string of the molecule is COC(=O)c1ccc(NS(=O)(=O)N2CC(OC)C2)c(OC)n1. The molecule has 10 heteroatoms. The first-order chi connectivity index (χ1) is 10.4. The standard InChI is InChI=1S/C12H17N3O6S/c1-19-8-6-15(7-8)22(17,18)14-9-4-5-10(12(16)21-3)13-11(9)20-2/h4-5,8,14H,6-7H2,1-3H3. The molecule has 1 saturated heterocycles. The van der Waals surface area contributed by atoms with E-state index in [0.717, 1.165) is 0 Å². The highest BCUT2D eigenvalue weighted by molar-refractivity contribution is 7.90. The molecule has 1 aromatic rings. The fraction of sp³-hybridized carbons (Fsp3) is 0.500. The van der Waals surface area contributed by atoms with Gasteiger partial charge in [-0.15, -0.1) is 0 Å². The Labute approximate surface area is 128 Å². The van der Waals surface area contributed by atoms with E-state index >= 15 is 0 Å². The number of anilines is 1. The Balaban J connectivity index is 2.17. The molecule has 1 aliphatic heterocycles. The van der Waals surface area contributed by atoms with E-state index in [1.807, 2.05) is 0 Å². The number of methoxy groups -OCH3 is 3. The lowest BCUT2D eigenvalue weighted by atomic mass is 10.2. The van der Waals surface area contributed by atoms with E-state index in [0.29, 0.717) is 0 Å². The number of nitrogens with zero attached hydrogens (tertiary/aromatic N) is 2. The maximum absolute atomic E-state index is 12.2. The third-order valence-corrected chi connectivity index (χ3v) is 4.63. The topological polar surface area (TPSA) is 107 Å². The van der Waals surface area contributed by atoms with Gasteiger partial charge in [0.05, 0.1) is 20.3 Å². The number of pyridine rings is 1. The summed E-state index contributed by atoms with van der Waals surface area (Å²) < 4.78 is 42.5. The van der Waals surface area contributed by atoms with Gasteiger partial charge in [0.25, 0.3) is 0 Å². The minimum absolute atomic E-state index is 0.0183. The van der Waals surface area contributed by atoms with Crippen molar-refractivity contribution in [1.82, 2.24) is 9.29 Å². The number of carbonyl (C=O) groups is 1. The van der Waals surface area contributed by atoms with E-state index in [9.17, 15) is 13.2 Å². The van der Waals surface area contributed by atoms with E-state index in [-0.39, 0.29) is 36.5 Å². The van der Waals surface area contributed by atoms with Gasteiger partial charge in [0.2, 0.25) is 5.88 Å². The summed E-state index contributed by atoms with van der Waals surface area (Å²) >= 11 is 0. The maximum Gasteiger partial charge on any atom is 0.356 e. The Morgan fingerprint density at radius 3 is 2.55 bits per heavy atom. The van der Waals surface area contributed by atoms with E-state index < -0.39 is 16.2 Å². The van der Waals surface area contributed by atoms with Crippen molar-refractivity contribution < 1.29 is 27.4 Å². The van der Waals surface area contributed by atoms with Crippen molar-refractivity contribution in [2.75, 3.05) is 39.1 Å².